The first kappa shape index (κ1) is 13.8. The van der Waals surface area contributed by atoms with Crippen molar-refractivity contribution in [2.75, 3.05) is 19.7 Å². The smallest absolute Gasteiger partial charge is 0.0588 e. The van der Waals surface area contributed by atoms with Gasteiger partial charge in [-0.05, 0) is 50.9 Å². The third-order valence-electron chi connectivity index (χ3n) is 5.58. The van der Waals surface area contributed by atoms with Crippen LogP contribution >= 0.6 is 0 Å². The van der Waals surface area contributed by atoms with Gasteiger partial charge in [-0.1, -0.05) is 12.8 Å². The highest BCUT2D eigenvalue weighted by Gasteiger charge is 2.31. The van der Waals surface area contributed by atoms with Crippen molar-refractivity contribution in [1.82, 2.24) is 10.6 Å². The van der Waals surface area contributed by atoms with Gasteiger partial charge in [0.05, 0.1) is 6.10 Å². The lowest BCUT2D eigenvalue weighted by Gasteiger charge is -2.40. The van der Waals surface area contributed by atoms with E-state index in [0.717, 1.165) is 37.6 Å². The largest absolute Gasteiger partial charge is 0.378 e. The van der Waals surface area contributed by atoms with Crippen LogP contribution < -0.4 is 10.6 Å². The highest BCUT2D eigenvalue weighted by Crippen LogP contribution is 2.32. The Bertz CT molecular complexity index is 284. The Morgan fingerprint density at radius 3 is 2.79 bits per heavy atom. The topological polar surface area (TPSA) is 33.3 Å². The number of hydrogen-bond donors (Lipinski definition) is 2. The molecule has 0 amide bonds. The van der Waals surface area contributed by atoms with Gasteiger partial charge in [-0.2, -0.15) is 0 Å². The van der Waals surface area contributed by atoms with E-state index < -0.39 is 0 Å². The van der Waals surface area contributed by atoms with Gasteiger partial charge in [0, 0.05) is 31.8 Å². The van der Waals surface area contributed by atoms with Crippen LogP contribution in [0.5, 0.6) is 0 Å². The summed E-state index contributed by atoms with van der Waals surface area (Å²) in [7, 11) is 0. The Morgan fingerprint density at radius 1 is 1.05 bits per heavy atom. The third kappa shape index (κ3) is 3.50. The standard InChI is InChI=1S/C16H30N2O/c1-12-14(8-9-19-12)10-17-11-15-7-6-13-4-2-3-5-16(13)18-15/h12-18H,2-11H2,1H3. The zero-order valence-electron chi connectivity index (χ0n) is 12.4. The van der Waals surface area contributed by atoms with Crippen LogP contribution in [0.15, 0.2) is 0 Å². The molecule has 3 rings (SSSR count). The van der Waals surface area contributed by atoms with Gasteiger partial charge in [-0.25, -0.2) is 0 Å². The zero-order chi connectivity index (χ0) is 13.1. The van der Waals surface area contributed by atoms with Gasteiger partial charge in [0.25, 0.3) is 0 Å². The molecule has 3 heteroatoms. The molecule has 5 atom stereocenters. The molecule has 5 unspecified atom stereocenters. The van der Waals surface area contributed by atoms with E-state index in [0.29, 0.717) is 12.1 Å². The zero-order valence-corrected chi connectivity index (χ0v) is 12.4. The van der Waals surface area contributed by atoms with Gasteiger partial charge in [0.15, 0.2) is 0 Å². The molecule has 19 heavy (non-hydrogen) atoms. The predicted molar refractivity (Wildman–Crippen MR) is 78.3 cm³/mol. The van der Waals surface area contributed by atoms with E-state index in [1.165, 1.54) is 44.9 Å². The summed E-state index contributed by atoms with van der Waals surface area (Å²) in [6.07, 6.45) is 10.3. The second kappa shape index (κ2) is 6.55. The minimum absolute atomic E-state index is 0.453. The first-order valence-corrected chi connectivity index (χ1v) is 8.41. The van der Waals surface area contributed by atoms with Crippen molar-refractivity contribution in [1.29, 1.82) is 0 Å². The molecule has 3 nitrogen and oxygen atoms in total. The Morgan fingerprint density at radius 2 is 1.95 bits per heavy atom. The average Bonchev–Trinajstić information content (AvgIpc) is 2.84. The molecule has 0 bridgehead atoms. The number of nitrogens with one attached hydrogen (secondary N) is 2. The molecule has 0 radical (unpaired) electrons. The molecule has 3 fully saturated rings. The Balaban J connectivity index is 1.36. The minimum atomic E-state index is 0.453. The lowest BCUT2D eigenvalue weighted by Crippen LogP contribution is -2.52. The van der Waals surface area contributed by atoms with Crippen molar-refractivity contribution < 1.29 is 4.74 Å². The molecule has 0 spiro atoms. The van der Waals surface area contributed by atoms with E-state index in [1.54, 1.807) is 0 Å². The van der Waals surface area contributed by atoms with Crippen molar-refractivity contribution in [2.45, 2.75) is 70.1 Å². The summed E-state index contributed by atoms with van der Waals surface area (Å²) in [5.74, 6) is 1.71. The van der Waals surface area contributed by atoms with Crippen molar-refractivity contribution in [3.63, 3.8) is 0 Å². The molecule has 0 aromatic carbocycles. The van der Waals surface area contributed by atoms with Crippen LogP contribution in [0.1, 0.15) is 51.9 Å². The van der Waals surface area contributed by atoms with Gasteiger partial charge in [0.2, 0.25) is 0 Å². The summed E-state index contributed by atoms with van der Waals surface area (Å²) in [6, 6.07) is 1.53. The molecule has 1 aliphatic carbocycles. The fourth-order valence-electron chi connectivity index (χ4n) is 4.22. The maximum absolute atomic E-state index is 5.62. The predicted octanol–water partition coefficient (Wildman–Crippen LogP) is 2.31. The molecule has 1 saturated carbocycles. The SMILES string of the molecule is CC1OCCC1CNCC1CCC2CCCCC2N1. The summed E-state index contributed by atoms with van der Waals surface area (Å²) in [6.45, 7) is 5.45. The Kier molecular flexibility index (Phi) is 4.78. The van der Waals surface area contributed by atoms with E-state index in [1.807, 2.05) is 0 Å². The van der Waals surface area contributed by atoms with Crippen LogP contribution in [-0.4, -0.2) is 37.9 Å². The second-order valence-corrected chi connectivity index (χ2v) is 6.87. The summed E-state index contributed by atoms with van der Waals surface area (Å²) >= 11 is 0. The number of hydrogen-bond acceptors (Lipinski definition) is 3. The fourth-order valence-corrected chi connectivity index (χ4v) is 4.22. The average molecular weight is 266 g/mol. The molecule has 110 valence electrons. The van der Waals surface area contributed by atoms with Crippen LogP contribution in [0.3, 0.4) is 0 Å². The molecule has 3 aliphatic rings. The highest BCUT2D eigenvalue weighted by molar-refractivity contribution is 4.90. The highest BCUT2D eigenvalue weighted by atomic mass is 16.5. The number of rotatable bonds is 4. The van der Waals surface area contributed by atoms with E-state index >= 15 is 0 Å². The Hall–Kier alpha value is -0.120. The monoisotopic (exact) mass is 266 g/mol. The van der Waals surface area contributed by atoms with Crippen LogP contribution in [0.25, 0.3) is 0 Å². The molecule has 0 aromatic rings. The van der Waals surface area contributed by atoms with E-state index in [4.69, 9.17) is 4.74 Å². The summed E-state index contributed by atoms with van der Waals surface area (Å²) in [4.78, 5) is 0. The van der Waals surface area contributed by atoms with Crippen LogP contribution in [0.4, 0.5) is 0 Å². The molecular weight excluding hydrogens is 236 g/mol. The normalized spacial score (nSPS) is 43.1. The summed E-state index contributed by atoms with van der Waals surface area (Å²) in [5.41, 5.74) is 0. The van der Waals surface area contributed by atoms with E-state index in [9.17, 15) is 0 Å². The van der Waals surface area contributed by atoms with Crippen LogP contribution in [0, 0.1) is 11.8 Å². The lowest BCUT2D eigenvalue weighted by molar-refractivity contribution is 0.105. The maximum atomic E-state index is 5.62. The minimum Gasteiger partial charge on any atom is -0.378 e. The van der Waals surface area contributed by atoms with E-state index in [2.05, 4.69) is 17.6 Å². The first-order valence-electron chi connectivity index (χ1n) is 8.41. The molecular formula is C16H30N2O. The van der Waals surface area contributed by atoms with Gasteiger partial charge < -0.3 is 15.4 Å². The van der Waals surface area contributed by atoms with Crippen molar-refractivity contribution >= 4 is 0 Å². The quantitative estimate of drug-likeness (QED) is 0.819. The van der Waals surface area contributed by atoms with Gasteiger partial charge in [-0.3, -0.25) is 0 Å². The molecule has 2 aliphatic heterocycles. The Labute approximate surface area is 117 Å². The lowest BCUT2D eigenvalue weighted by atomic mass is 9.78. The van der Waals surface area contributed by atoms with Crippen molar-refractivity contribution in [3.8, 4) is 0 Å². The van der Waals surface area contributed by atoms with Crippen LogP contribution in [-0.2, 0) is 4.74 Å². The fraction of sp³-hybridized carbons (Fsp3) is 1.00. The van der Waals surface area contributed by atoms with Gasteiger partial charge >= 0.3 is 0 Å². The molecule has 2 N–H and O–H groups in total. The molecule has 2 heterocycles. The second-order valence-electron chi connectivity index (χ2n) is 6.87. The number of ether oxygens (including phenoxy) is 1. The molecule has 0 aromatic heterocycles. The summed E-state index contributed by atoms with van der Waals surface area (Å²) in [5, 5.41) is 7.58. The van der Waals surface area contributed by atoms with Gasteiger partial charge in [0.1, 0.15) is 0 Å². The van der Waals surface area contributed by atoms with Crippen molar-refractivity contribution in [2.24, 2.45) is 11.8 Å². The number of piperidine rings is 1. The maximum Gasteiger partial charge on any atom is 0.0588 e. The third-order valence-corrected chi connectivity index (χ3v) is 5.58. The first-order chi connectivity index (χ1) is 9.33. The summed E-state index contributed by atoms with van der Waals surface area (Å²) < 4.78 is 5.62. The molecule has 2 saturated heterocycles. The van der Waals surface area contributed by atoms with Crippen LogP contribution in [0.2, 0.25) is 0 Å². The van der Waals surface area contributed by atoms with E-state index in [-0.39, 0.29) is 0 Å². The number of fused-ring (bicyclic) bond motifs is 1. The van der Waals surface area contributed by atoms with Crippen molar-refractivity contribution in [3.05, 3.63) is 0 Å². The van der Waals surface area contributed by atoms with Gasteiger partial charge in [-0.15, -0.1) is 0 Å².